The van der Waals surface area contributed by atoms with Crippen LogP contribution in [0.4, 0.5) is 0 Å². The molecule has 0 bridgehead atoms. The molecule has 0 aromatic carbocycles. The number of fused-ring (bicyclic) bond motifs is 1. The molecule has 4 heteroatoms. The zero-order chi connectivity index (χ0) is 11.9. The number of carbonyl (C=O) groups is 1. The summed E-state index contributed by atoms with van der Waals surface area (Å²) in [7, 11) is 1.95. The zero-order valence-electron chi connectivity index (χ0n) is 10.4. The predicted octanol–water partition coefficient (Wildman–Crippen LogP) is 1.27. The number of aromatic nitrogens is 2. The predicted molar refractivity (Wildman–Crippen MR) is 61.9 cm³/mol. The molecule has 4 nitrogen and oxygen atoms in total. The summed E-state index contributed by atoms with van der Waals surface area (Å²) in [5, 5.41) is 4.41. The van der Waals surface area contributed by atoms with Crippen molar-refractivity contribution < 1.29 is 4.79 Å². The van der Waals surface area contributed by atoms with Crippen molar-refractivity contribution in [2.75, 3.05) is 6.54 Å². The van der Waals surface area contributed by atoms with Crippen LogP contribution in [0.3, 0.4) is 0 Å². The standard InChI is InChI=1S/C12H19N3O/c1-8(2)12(16)15-6-5-10-9(3)13-14(4)11(10)7-15/h8H,5-7H2,1-4H3. The maximum atomic E-state index is 11.9. The molecule has 2 heterocycles. The van der Waals surface area contributed by atoms with Crippen molar-refractivity contribution in [3.8, 4) is 0 Å². The Labute approximate surface area is 96.2 Å². The van der Waals surface area contributed by atoms with E-state index in [1.54, 1.807) is 0 Å². The lowest BCUT2D eigenvalue weighted by Crippen LogP contribution is -2.38. The molecule has 0 saturated carbocycles. The van der Waals surface area contributed by atoms with Crippen LogP contribution in [-0.4, -0.2) is 27.1 Å². The number of hydrogen-bond acceptors (Lipinski definition) is 2. The molecule has 2 rings (SSSR count). The van der Waals surface area contributed by atoms with E-state index in [4.69, 9.17) is 0 Å². The quantitative estimate of drug-likeness (QED) is 0.716. The van der Waals surface area contributed by atoms with Crippen LogP contribution in [-0.2, 0) is 24.8 Å². The summed E-state index contributed by atoms with van der Waals surface area (Å²) in [5.74, 6) is 0.320. The van der Waals surface area contributed by atoms with Gasteiger partial charge in [0.15, 0.2) is 0 Å². The van der Waals surface area contributed by atoms with E-state index >= 15 is 0 Å². The van der Waals surface area contributed by atoms with Gasteiger partial charge in [-0.05, 0) is 18.9 Å². The van der Waals surface area contributed by atoms with Gasteiger partial charge in [-0.15, -0.1) is 0 Å². The van der Waals surface area contributed by atoms with Crippen molar-refractivity contribution in [2.45, 2.75) is 33.7 Å². The second-order valence-corrected chi connectivity index (χ2v) is 4.80. The lowest BCUT2D eigenvalue weighted by molar-refractivity contribution is -0.135. The van der Waals surface area contributed by atoms with Crippen molar-refractivity contribution in [3.05, 3.63) is 17.0 Å². The Kier molecular flexibility index (Phi) is 2.74. The van der Waals surface area contributed by atoms with Gasteiger partial charge in [-0.1, -0.05) is 13.8 Å². The third-order valence-electron chi connectivity index (χ3n) is 3.25. The van der Waals surface area contributed by atoms with Crippen molar-refractivity contribution in [1.82, 2.24) is 14.7 Å². The summed E-state index contributed by atoms with van der Waals surface area (Å²) >= 11 is 0. The van der Waals surface area contributed by atoms with Gasteiger partial charge in [-0.25, -0.2) is 0 Å². The molecule has 0 radical (unpaired) electrons. The first kappa shape index (κ1) is 11.2. The number of carbonyl (C=O) groups excluding carboxylic acids is 1. The molecule has 0 aliphatic carbocycles. The summed E-state index contributed by atoms with van der Waals surface area (Å²) in [6.07, 6.45) is 0.938. The van der Waals surface area contributed by atoms with Gasteiger partial charge in [0.1, 0.15) is 0 Å². The first-order valence-electron chi connectivity index (χ1n) is 5.81. The van der Waals surface area contributed by atoms with Gasteiger partial charge in [0.2, 0.25) is 5.91 Å². The molecule has 0 N–H and O–H groups in total. The summed E-state index contributed by atoms with van der Waals surface area (Å²) in [6.45, 7) is 7.48. The molecule has 16 heavy (non-hydrogen) atoms. The highest BCUT2D eigenvalue weighted by atomic mass is 16.2. The second-order valence-electron chi connectivity index (χ2n) is 4.80. The molecule has 0 fully saturated rings. The number of rotatable bonds is 1. The van der Waals surface area contributed by atoms with Crippen molar-refractivity contribution in [2.24, 2.45) is 13.0 Å². The minimum Gasteiger partial charge on any atom is -0.336 e. The van der Waals surface area contributed by atoms with Crippen molar-refractivity contribution in [1.29, 1.82) is 0 Å². The normalized spacial score (nSPS) is 15.4. The van der Waals surface area contributed by atoms with E-state index in [9.17, 15) is 4.79 Å². The van der Waals surface area contributed by atoms with Gasteiger partial charge in [0.25, 0.3) is 0 Å². The minimum atomic E-state index is 0.0795. The third-order valence-corrected chi connectivity index (χ3v) is 3.25. The molecule has 0 spiro atoms. The SMILES string of the molecule is Cc1nn(C)c2c1CCN(C(=O)C(C)C)C2. The first-order valence-corrected chi connectivity index (χ1v) is 5.81. The first-order chi connectivity index (χ1) is 7.50. The van der Waals surface area contributed by atoms with Crippen LogP contribution in [0.5, 0.6) is 0 Å². The Morgan fingerprint density at radius 2 is 2.12 bits per heavy atom. The van der Waals surface area contributed by atoms with Crippen LogP contribution in [0.25, 0.3) is 0 Å². The Hall–Kier alpha value is -1.32. The van der Waals surface area contributed by atoms with E-state index in [2.05, 4.69) is 5.10 Å². The maximum Gasteiger partial charge on any atom is 0.225 e. The Balaban J connectivity index is 2.24. The number of amides is 1. The lowest BCUT2D eigenvalue weighted by atomic mass is 10.0. The molecule has 1 aromatic rings. The summed E-state index contributed by atoms with van der Waals surface area (Å²) in [6, 6.07) is 0. The molecular weight excluding hydrogens is 202 g/mol. The second kappa shape index (κ2) is 3.92. The van der Waals surface area contributed by atoms with Gasteiger partial charge in [0, 0.05) is 19.5 Å². The average Bonchev–Trinajstić information content (AvgIpc) is 2.53. The summed E-state index contributed by atoms with van der Waals surface area (Å²) in [5.41, 5.74) is 3.63. The Morgan fingerprint density at radius 1 is 1.44 bits per heavy atom. The molecule has 88 valence electrons. The van der Waals surface area contributed by atoms with Crippen LogP contribution < -0.4 is 0 Å². The summed E-state index contributed by atoms with van der Waals surface area (Å²) < 4.78 is 1.91. The number of aryl methyl sites for hydroxylation is 2. The highest BCUT2D eigenvalue weighted by Gasteiger charge is 2.26. The van der Waals surface area contributed by atoms with Crippen LogP contribution in [0, 0.1) is 12.8 Å². The van der Waals surface area contributed by atoms with Gasteiger partial charge in [-0.3, -0.25) is 9.48 Å². The zero-order valence-corrected chi connectivity index (χ0v) is 10.4. The van der Waals surface area contributed by atoms with Crippen molar-refractivity contribution >= 4 is 5.91 Å². The van der Waals surface area contributed by atoms with Gasteiger partial charge in [-0.2, -0.15) is 5.10 Å². The smallest absolute Gasteiger partial charge is 0.225 e. The van der Waals surface area contributed by atoms with E-state index in [0.29, 0.717) is 6.54 Å². The van der Waals surface area contributed by atoms with Gasteiger partial charge in [0.05, 0.1) is 17.9 Å². The molecule has 0 unspecified atom stereocenters. The topological polar surface area (TPSA) is 38.1 Å². The molecule has 1 aromatic heterocycles. The van der Waals surface area contributed by atoms with E-state index in [-0.39, 0.29) is 11.8 Å². The Morgan fingerprint density at radius 3 is 2.75 bits per heavy atom. The lowest BCUT2D eigenvalue weighted by Gasteiger charge is -2.29. The maximum absolute atomic E-state index is 11.9. The third kappa shape index (κ3) is 1.72. The largest absolute Gasteiger partial charge is 0.336 e. The average molecular weight is 221 g/mol. The molecule has 0 atom stereocenters. The molecular formula is C12H19N3O. The monoisotopic (exact) mass is 221 g/mol. The van der Waals surface area contributed by atoms with Crippen LogP contribution in [0.1, 0.15) is 30.8 Å². The van der Waals surface area contributed by atoms with Crippen molar-refractivity contribution in [3.63, 3.8) is 0 Å². The fraction of sp³-hybridized carbons (Fsp3) is 0.667. The van der Waals surface area contributed by atoms with E-state index in [1.807, 2.05) is 37.4 Å². The molecule has 1 aliphatic heterocycles. The van der Waals surface area contributed by atoms with E-state index in [0.717, 1.165) is 18.7 Å². The minimum absolute atomic E-state index is 0.0795. The molecule has 1 amide bonds. The fourth-order valence-corrected chi connectivity index (χ4v) is 2.33. The number of hydrogen-bond donors (Lipinski definition) is 0. The Bertz CT molecular complexity index is 420. The summed E-state index contributed by atoms with van der Waals surface area (Å²) in [4.78, 5) is 13.9. The van der Waals surface area contributed by atoms with E-state index < -0.39 is 0 Å². The van der Waals surface area contributed by atoms with E-state index in [1.165, 1.54) is 11.3 Å². The van der Waals surface area contributed by atoms with Gasteiger partial charge < -0.3 is 4.90 Å². The van der Waals surface area contributed by atoms with Crippen LogP contribution in [0.15, 0.2) is 0 Å². The van der Waals surface area contributed by atoms with Gasteiger partial charge >= 0.3 is 0 Å². The number of nitrogens with zero attached hydrogens (tertiary/aromatic N) is 3. The van der Waals surface area contributed by atoms with Crippen LogP contribution >= 0.6 is 0 Å². The molecule has 0 saturated heterocycles. The van der Waals surface area contributed by atoms with Crippen LogP contribution in [0.2, 0.25) is 0 Å². The highest BCUT2D eigenvalue weighted by Crippen LogP contribution is 2.22. The highest BCUT2D eigenvalue weighted by molar-refractivity contribution is 5.78. The fourth-order valence-electron chi connectivity index (χ4n) is 2.33. The molecule has 1 aliphatic rings.